The fraction of sp³-hybridized carbons (Fsp3) is 1.00. The molecule has 0 fully saturated rings. The van der Waals surface area contributed by atoms with Crippen molar-refractivity contribution in [3.8, 4) is 0 Å². The largest absolute Gasteiger partial charge is 0.103 e. The second-order valence-corrected chi connectivity index (χ2v) is 25.5. The minimum Gasteiger partial charge on any atom is -0.103 e. The van der Waals surface area contributed by atoms with Gasteiger partial charge in [0.15, 0.2) is 0 Å². The normalized spacial score (nSPS) is 18.9. The molecule has 0 amide bonds. The van der Waals surface area contributed by atoms with Crippen LogP contribution in [0.1, 0.15) is 0 Å². The Kier molecular flexibility index (Phi) is 10.0. The Morgan fingerprint density at radius 2 is 1.31 bits per heavy atom. The lowest BCUT2D eigenvalue weighted by Crippen LogP contribution is -1.93. The molecule has 6 unspecified atom stereocenters. The van der Waals surface area contributed by atoms with Gasteiger partial charge in [0.2, 0.25) is 0 Å². The van der Waals surface area contributed by atoms with Crippen molar-refractivity contribution in [3.05, 3.63) is 0 Å². The Bertz CT molecular complexity index is 123. The lowest BCUT2D eigenvalue weighted by molar-refractivity contribution is 1.84. The summed E-state index contributed by atoms with van der Waals surface area (Å²) in [6, 6.07) is 0. The van der Waals surface area contributed by atoms with Gasteiger partial charge in [-0.2, -0.15) is 0 Å². The predicted molar refractivity (Wildman–Crippen MR) is 90.2 cm³/mol. The van der Waals surface area contributed by atoms with Crippen molar-refractivity contribution in [2.75, 3.05) is 38.5 Å². The SMILES string of the molecule is CPP(P)C[P+](C)(C)CP(P)PC. The maximum Gasteiger partial charge on any atom is 0.0847 e. The minimum absolute atomic E-state index is 0.296. The van der Waals surface area contributed by atoms with Gasteiger partial charge in [-0.25, -0.2) is 0 Å². The zero-order valence-corrected chi connectivity index (χ0v) is 15.9. The van der Waals surface area contributed by atoms with Gasteiger partial charge in [-0.1, -0.05) is 16.5 Å². The molecule has 0 aliphatic rings. The first-order valence-electron chi connectivity index (χ1n) is 4.12. The molecule has 0 radical (unpaired) electrons. The zero-order valence-electron chi connectivity index (χ0n) is 8.91. The van der Waals surface area contributed by atoms with E-state index in [1.165, 1.54) is 0 Å². The molecule has 0 N–H and O–H groups in total. The van der Waals surface area contributed by atoms with Gasteiger partial charge in [-0.15, -0.1) is 17.9 Å². The van der Waals surface area contributed by atoms with Gasteiger partial charge in [0.05, 0.1) is 11.8 Å². The molecule has 0 aromatic heterocycles. The van der Waals surface area contributed by atoms with Crippen LogP contribution in [0.4, 0.5) is 0 Å². The Morgan fingerprint density at radius 3 is 1.54 bits per heavy atom. The summed E-state index contributed by atoms with van der Waals surface area (Å²) in [6.07, 6.45) is 0. The fourth-order valence-corrected chi connectivity index (χ4v) is 27.3. The van der Waals surface area contributed by atoms with Crippen molar-refractivity contribution in [3.63, 3.8) is 0 Å². The van der Waals surface area contributed by atoms with E-state index < -0.39 is 7.26 Å². The second-order valence-electron chi connectivity index (χ2n) is 3.61. The quantitative estimate of drug-likeness (QED) is 0.594. The number of hydrogen-bond acceptors (Lipinski definition) is 0. The van der Waals surface area contributed by atoms with Crippen LogP contribution in [0.5, 0.6) is 0 Å². The third-order valence-electron chi connectivity index (χ3n) is 1.64. The van der Waals surface area contributed by atoms with E-state index in [-0.39, 0.29) is 0 Å². The van der Waals surface area contributed by atoms with Gasteiger partial charge >= 0.3 is 0 Å². The number of rotatable bonds is 6. The van der Waals surface area contributed by atoms with Crippen molar-refractivity contribution >= 4 is 56.3 Å². The summed E-state index contributed by atoms with van der Waals surface area (Å²) in [5.74, 6) is 3.08. The van der Waals surface area contributed by atoms with Crippen LogP contribution in [0.3, 0.4) is 0 Å². The highest BCUT2D eigenvalue weighted by molar-refractivity contribution is 8.51. The minimum atomic E-state index is -0.558. The van der Waals surface area contributed by atoms with Crippen LogP contribution in [-0.2, 0) is 0 Å². The van der Waals surface area contributed by atoms with Crippen molar-refractivity contribution in [1.82, 2.24) is 0 Å². The van der Waals surface area contributed by atoms with Gasteiger partial charge in [-0.05, 0) is 27.9 Å². The van der Waals surface area contributed by atoms with Crippen molar-refractivity contribution in [2.45, 2.75) is 0 Å². The van der Waals surface area contributed by atoms with Crippen molar-refractivity contribution in [1.29, 1.82) is 0 Å². The van der Waals surface area contributed by atoms with E-state index in [1.807, 2.05) is 0 Å². The van der Waals surface area contributed by atoms with Gasteiger partial charge in [0.25, 0.3) is 0 Å². The van der Waals surface area contributed by atoms with E-state index in [1.54, 1.807) is 11.8 Å². The highest BCUT2D eigenvalue weighted by Crippen LogP contribution is 2.77. The van der Waals surface area contributed by atoms with Crippen LogP contribution in [0.25, 0.3) is 0 Å². The molecule has 0 saturated carbocycles. The average Bonchev–Trinajstić information content (AvgIpc) is 2.02. The predicted octanol–water partition coefficient (Wildman–Crippen LogP) is 5.17. The van der Waals surface area contributed by atoms with Crippen LogP contribution in [0.2, 0.25) is 0 Å². The Balaban J connectivity index is 3.92. The lowest BCUT2D eigenvalue weighted by Gasteiger charge is -2.23. The van der Waals surface area contributed by atoms with Gasteiger partial charge in [0, 0.05) is 20.6 Å². The van der Waals surface area contributed by atoms with E-state index in [0.29, 0.717) is 14.6 Å². The summed E-state index contributed by atoms with van der Waals surface area (Å²) < 4.78 is 0. The number of hydrogen-bond donors (Lipinski definition) is 0. The second kappa shape index (κ2) is 8.15. The third-order valence-corrected chi connectivity index (χ3v) is 24.9. The van der Waals surface area contributed by atoms with Crippen LogP contribution < -0.4 is 0 Å². The van der Waals surface area contributed by atoms with Gasteiger partial charge < -0.3 is 0 Å². The molecular weight excluding hydrogens is 289 g/mol. The highest BCUT2D eigenvalue weighted by atomic mass is 32.4. The molecule has 7 heteroatoms. The van der Waals surface area contributed by atoms with E-state index in [0.717, 1.165) is 16.5 Å². The Morgan fingerprint density at radius 1 is 1.00 bits per heavy atom. The molecule has 0 aliphatic carbocycles. The van der Waals surface area contributed by atoms with E-state index in [4.69, 9.17) is 0 Å². The molecule has 0 bridgehead atoms. The molecule has 0 aliphatic heterocycles. The molecule has 13 heavy (non-hydrogen) atoms. The molecular formula is C6H22P7+. The zero-order chi connectivity index (χ0) is 10.5. The molecule has 0 rings (SSSR count). The van der Waals surface area contributed by atoms with Crippen LogP contribution in [0, 0.1) is 0 Å². The molecule has 6 atom stereocenters. The summed E-state index contributed by atoms with van der Waals surface area (Å²) in [5.41, 5.74) is 0. The van der Waals surface area contributed by atoms with E-state index in [9.17, 15) is 0 Å². The first kappa shape index (κ1) is 16.0. The first-order valence-corrected chi connectivity index (χ1v) is 18.2. The van der Waals surface area contributed by atoms with Crippen LogP contribution in [0.15, 0.2) is 0 Å². The summed E-state index contributed by atoms with van der Waals surface area (Å²) in [6.45, 7) is 9.80. The van der Waals surface area contributed by atoms with Crippen molar-refractivity contribution in [2.24, 2.45) is 0 Å². The monoisotopic (exact) mass is 311 g/mol. The molecule has 0 aromatic carbocycles. The summed E-state index contributed by atoms with van der Waals surface area (Å²) in [4.78, 5) is 0. The smallest absolute Gasteiger partial charge is 0.0847 e. The topological polar surface area (TPSA) is 0 Å². The summed E-state index contributed by atoms with van der Waals surface area (Å²) in [7, 11) is 8.52. The average molecular weight is 311 g/mol. The summed E-state index contributed by atoms with van der Waals surface area (Å²) >= 11 is 0. The highest BCUT2D eigenvalue weighted by Gasteiger charge is 2.29. The maximum absolute atomic E-state index is 3.08. The molecule has 0 heterocycles. The fourth-order valence-electron chi connectivity index (χ4n) is 1.01. The van der Waals surface area contributed by atoms with Crippen molar-refractivity contribution < 1.29 is 0 Å². The molecule has 0 saturated heterocycles. The first-order chi connectivity index (χ1) is 5.91. The Hall–Kier alpha value is 3.01. The molecule has 0 spiro atoms. The molecule has 0 nitrogen and oxygen atoms in total. The Labute approximate surface area is 94.7 Å². The van der Waals surface area contributed by atoms with Gasteiger partial charge in [-0.3, -0.25) is 0 Å². The maximum atomic E-state index is 3.08. The standard InChI is InChI=1S/C6H22P7/c1-9-11(7)5-13(3,4)6-12(8)10-2/h9-10H,5-8H2,1-4H3/q+1. The van der Waals surface area contributed by atoms with E-state index in [2.05, 4.69) is 44.5 Å². The van der Waals surface area contributed by atoms with Crippen LogP contribution >= 0.6 is 56.3 Å². The summed E-state index contributed by atoms with van der Waals surface area (Å²) in [5, 5.41) is 0. The molecule has 80 valence electrons. The molecule has 0 aromatic rings. The van der Waals surface area contributed by atoms with Gasteiger partial charge in [0.1, 0.15) is 0 Å². The van der Waals surface area contributed by atoms with E-state index >= 15 is 0 Å². The van der Waals surface area contributed by atoms with Crippen LogP contribution in [-0.4, -0.2) is 38.5 Å². The lowest BCUT2D eigenvalue weighted by atomic mass is 11.8. The third kappa shape index (κ3) is 8.78.